The number of amides is 1. The van der Waals surface area contributed by atoms with Gasteiger partial charge >= 0.3 is 0 Å². The van der Waals surface area contributed by atoms with Crippen molar-refractivity contribution in [2.24, 2.45) is 0 Å². The third kappa shape index (κ3) is 5.60. The largest absolute Gasteiger partial charge is 0.484 e. The van der Waals surface area contributed by atoms with Gasteiger partial charge in [0.1, 0.15) is 5.75 Å². The number of nitrogens with one attached hydrogen (secondary N) is 1. The summed E-state index contributed by atoms with van der Waals surface area (Å²) in [5.41, 5.74) is 4.18. The number of nitrogens with zero attached hydrogens (tertiary/aromatic N) is 2. The average Bonchev–Trinajstić information content (AvgIpc) is 3.23. The minimum absolute atomic E-state index is 0.0468. The van der Waals surface area contributed by atoms with Gasteiger partial charge in [0.25, 0.3) is 5.89 Å². The van der Waals surface area contributed by atoms with Gasteiger partial charge in [0.2, 0.25) is 11.8 Å². The standard InChI is InChI=1S/C26H25N3O3/c1-18-8-12-22(13-9-18)26(21-6-4-3-5-7-21)27-24(30)16-20-10-14-23(15-11-20)31-17-25-29-28-19(2)32-25/h3-15,26H,16-17H2,1-2H3,(H,27,30). The molecule has 1 amide bonds. The molecule has 0 radical (unpaired) electrons. The minimum Gasteiger partial charge on any atom is -0.484 e. The highest BCUT2D eigenvalue weighted by molar-refractivity contribution is 5.79. The van der Waals surface area contributed by atoms with E-state index < -0.39 is 0 Å². The summed E-state index contributed by atoms with van der Waals surface area (Å²) in [6, 6.07) is 25.5. The van der Waals surface area contributed by atoms with E-state index in [-0.39, 0.29) is 25.0 Å². The van der Waals surface area contributed by atoms with E-state index in [1.165, 1.54) is 5.56 Å². The Bertz CT molecular complexity index is 1150. The number of benzene rings is 3. The molecule has 0 saturated heterocycles. The smallest absolute Gasteiger partial charge is 0.253 e. The Balaban J connectivity index is 1.40. The van der Waals surface area contributed by atoms with Crippen LogP contribution in [0, 0.1) is 13.8 Å². The second-order valence-corrected chi connectivity index (χ2v) is 7.65. The Labute approximate surface area is 187 Å². The van der Waals surface area contributed by atoms with Crippen LogP contribution in [-0.4, -0.2) is 16.1 Å². The molecule has 4 aromatic rings. The van der Waals surface area contributed by atoms with Gasteiger partial charge in [0, 0.05) is 6.92 Å². The van der Waals surface area contributed by atoms with Gasteiger partial charge in [0.05, 0.1) is 12.5 Å². The summed E-state index contributed by atoms with van der Waals surface area (Å²) in [5, 5.41) is 10.9. The lowest BCUT2D eigenvalue weighted by atomic mass is 9.97. The maximum absolute atomic E-state index is 12.9. The summed E-state index contributed by atoms with van der Waals surface area (Å²) >= 11 is 0. The molecule has 0 saturated carbocycles. The lowest BCUT2D eigenvalue weighted by molar-refractivity contribution is -0.120. The van der Waals surface area contributed by atoms with Gasteiger partial charge in [-0.05, 0) is 35.7 Å². The van der Waals surface area contributed by atoms with Crippen molar-refractivity contribution in [1.82, 2.24) is 15.5 Å². The van der Waals surface area contributed by atoms with Gasteiger partial charge in [-0.3, -0.25) is 4.79 Å². The van der Waals surface area contributed by atoms with E-state index in [1.54, 1.807) is 6.92 Å². The van der Waals surface area contributed by atoms with Crippen LogP contribution in [0.5, 0.6) is 5.75 Å². The van der Waals surface area contributed by atoms with E-state index in [0.29, 0.717) is 17.5 Å². The molecule has 6 nitrogen and oxygen atoms in total. The third-order valence-corrected chi connectivity index (χ3v) is 5.07. The lowest BCUT2D eigenvalue weighted by Gasteiger charge is -2.20. The molecular formula is C26H25N3O3. The third-order valence-electron chi connectivity index (χ3n) is 5.07. The number of aryl methyl sites for hydroxylation is 2. The van der Waals surface area contributed by atoms with Crippen molar-refractivity contribution in [1.29, 1.82) is 0 Å². The first-order valence-corrected chi connectivity index (χ1v) is 10.5. The predicted molar refractivity (Wildman–Crippen MR) is 121 cm³/mol. The highest BCUT2D eigenvalue weighted by atomic mass is 16.5. The SMILES string of the molecule is Cc1ccc(C(NC(=O)Cc2ccc(OCc3nnc(C)o3)cc2)c2ccccc2)cc1. The van der Waals surface area contributed by atoms with Crippen molar-refractivity contribution >= 4 is 5.91 Å². The van der Waals surface area contributed by atoms with Crippen LogP contribution in [0.25, 0.3) is 0 Å². The Morgan fingerprint density at radius 3 is 2.25 bits per heavy atom. The van der Waals surface area contributed by atoms with Crippen molar-refractivity contribution in [2.75, 3.05) is 0 Å². The highest BCUT2D eigenvalue weighted by Crippen LogP contribution is 2.23. The van der Waals surface area contributed by atoms with E-state index in [9.17, 15) is 4.79 Å². The van der Waals surface area contributed by atoms with E-state index in [0.717, 1.165) is 16.7 Å². The van der Waals surface area contributed by atoms with Crippen LogP contribution < -0.4 is 10.1 Å². The fourth-order valence-electron chi connectivity index (χ4n) is 3.41. The Morgan fingerprint density at radius 1 is 0.906 bits per heavy atom. The number of carbonyl (C=O) groups is 1. The minimum atomic E-state index is -0.204. The zero-order chi connectivity index (χ0) is 22.3. The number of ether oxygens (including phenoxy) is 1. The second-order valence-electron chi connectivity index (χ2n) is 7.65. The first kappa shape index (κ1) is 21.3. The van der Waals surface area contributed by atoms with Gasteiger partial charge in [0.15, 0.2) is 6.61 Å². The summed E-state index contributed by atoms with van der Waals surface area (Å²) in [5.74, 6) is 1.56. The maximum atomic E-state index is 12.9. The van der Waals surface area contributed by atoms with Crippen molar-refractivity contribution in [3.8, 4) is 5.75 Å². The number of aromatic nitrogens is 2. The summed E-state index contributed by atoms with van der Waals surface area (Å²) in [4.78, 5) is 12.9. The van der Waals surface area contributed by atoms with E-state index in [4.69, 9.17) is 9.15 Å². The molecule has 32 heavy (non-hydrogen) atoms. The zero-order valence-electron chi connectivity index (χ0n) is 18.1. The molecule has 3 aromatic carbocycles. The molecule has 1 aromatic heterocycles. The molecule has 4 rings (SSSR count). The monoisotopic (exact) mass is 427 g/mol. The molecule has 6 heteroatoms. The molecule has 1 N–H and O–H groups in total. The number of hydrogen-bond acceptors (Lipinski definition) is 5. The quantitative estimate of drug-likeness (QED) is 0.441. The van der Waals surface area contributed by atoms with Crippen molar-refractivity contribution in [3.05, 3.63) is 113 Å². The van der Waals surface area contributed by atoms with E-state index in [2.05, 4.69) is 46.7 Å². The van der Waals surface area contributed by atoms with Crippen LogP contribution in [-0.2, 0) is 17.8 Å². The molecule has 0 aliphatic heterocycles. The van der Waals surface area contributed by atoms with Crippen molar-refractivity contribution < 1.29 is 13.9 Å². The molecule has 0 bridgehead atoms. The first-order valence-electron chi connectivity index (χ1n) is 10.5. The molecule has 162 valence electrons. The van der Waals surface area contributed by atoms with Crippen molar-refractivity contribution in [2.45, 2.75) is 32.9 Å². The van der Waals surface area contributed by atoms with Gasteiger partial charge in [-0.2, -0.15) is 0 Å². The molecule has 1 unspecified atom stereocenters. The van der Waals surface area contributed by atoms with Crippen LogP contribution in [0.1, 0.15) is 40.1 Å². The van der Waals surface area contributed by atoms with Gasteiger partial charge in [-0.15, -0.1) is 10.2 Å². The van der Waals surface area contributed by atoms with E-state index in [1.807, 2.05) is 54.6 Å². The van der Waals surface area contributed by atoms with Crippen LogP contribution in [0.3, 0.4) is 0 Å². The maximum Gasteiger partial charge on any atom is 0.253 e. The molecule has 1 atom stereocenters. The zero-order valence-corrected chi connectivity index (χ0v) is 18.1. The fourth-order valence-corrected chi connectivity index (χ4v) is 3.41. The molecule has 0 spiro atoms. The topological polar surface area (TPSA) is 77.2 Å². The molecule has 0 fully saturated rings. The number of carbonyl (C=O) groups excluding carboxylic acids is 1. The normalized spacial score (nSPS) is 11.7. The summed E-state index contributed by atoms with van der Waals surface area (Å²) in [7, 11) is 0. The summed E-state index contributed by atoms with van der Waals surface area (Å²) in [6.45, 7) is 3.99. The average molecular weight is 428 g/mol. The number of hydrogen-bond donors (Lipinski definition) is 1. The highest BCUT2D eigenvalue weighted by Gasteiger charge is 2.17. The van der Waals surface area contributed by atoms with Gasteiger partial charge in [-0.1, -0.05) is 72.3 Å². The summed E-state index contributed by atoms with van der Waals surface area (Å²) < 4.78 is 11.0. The first-order chi connectivity index (χ1) is 15.6. The molecule has 0 aliphatic rings. The van der Waals surface area contributed by atoms with Gasteiger partial charge in [-0.25, -0.2) is 0 Å². The molecule has 1 heterocycles. The predicted octanol–water partition coefficient (Wildman–Crippen LogP) is 4.71. The van der Waals surface area contributed by atoms with E-state index >= 15 is 0 Å². The van der Waals surface area contributed by atoms with Crippen LogP contribution in [0.2, 0.25) is 0 Å². The lowest BCUT2D eigenvalue weighted by Crippen LogP contribution is -2.30. The number of rotatable bonds is 8. The van der Waals surface area contributed by atoms with Crippen LogP contribution in [0.4, 0.5) is 0 Å². The van der Waals surface area contributed by atoms with Crippen molar-refractivity contribution in [3.63, 3.8) is 0 Å². The Hall–Kier alpha value is -3.93. The Kier molecular flexibility index (Phi) is 6.60. The Morgan fingerprint density at radius 2 is 1.59 bits per heavy atom. The second kappa shape index (κ2) is 9.92. The molecular weight excluding hydrogens is 402 g/mol. The van der Waals surface area contributed by atoms with Crippen LogP contribution in [0.15, 0.2) is 83.3 Å². The fraction of sp³-hybridized carbons (Fsp3) is 0.192. The van der Waals surface area contributed by atoms with Gasteiger partial charge < -0.3 is 14.5 Å². The molecule has 0 aliphatic carbocycles. The van der Waals surface area contributed by atoms with Crippen LogP contribution >= 0.6 is 0 Å². The summed E-state index contributed by atoms with van der Waals surface area (Å²) in [6.07, 6.45) is 0.276.